The summed E-state index contributed by atoms with van der Waals surface area (Å²) in [5, 5.41) is 2.81. The Kier molecular flexibility index (Phi) is 6.07. The van der Waals surface area contributed by atoms with E-state index in [-0.39, 0.29) is 23.2 Å². The largest absolute Gasteiger partial charge is 0.338 e. The zero-order valence-electron chi connectivity index (χ0n) is 14.4. The maximum absolute atomic E-state index is 12.4. The van der Waals surface area contributed by atoms with Crippen molar-refractivity contribution >= 4 is 17.5 Å². The Morgan fingerprint density at radius 3 is 2.17 bits per heavy atom. The number of carbonyl (C=O) groups is 2. The third kappa shape index (κ3) is 4.19. The molecular formula is C19H23N3O2. The number of benzene rings is 1. The van der Waals surface area contributed by atoms with Crippen LogP contribution in [0.3, 0.4) is 0 Å². The van der Waals surface area contributed by atoms with E-state index < -0.39 is 0 Å². The zero-order chi connectivity index (χ0) is 17.5. The second-order valence-electron chi connectivity index (χ2n) is 5.39. The summed E-state index contributed by atoms with van der Waals surface area (Å²) in [6.07, 6.45) is 0.950. The minimum atomic E-state index is -0.326. The van der Waals surface area contributed by atoms with E-state index in [0.717, 1.165) is 6.42 Å². The first-order valence-electron chi connectivity index (χ1n) is 8.25. The summed E-state index contributed by atoms with van der Waals surface area (Å²) < 4.78 is 0. The highest BCUT2D eigenvalue weighted by molar-refractivity contribution is 6.03. The molecule has 2 rings (SSSR count). The van der Waals surface area contributed by atoms with Gasteiger partial charge in [-0.05, 0) is 50.1 Å². The lowest BCUT2D eigenvalue weighted by molar-refractivity contribution is 0.0767. The number of aryl methyl sites for hydroxylation is 1. The van der Waals surface area contributed by atoms with E-state index >= 15 is 0 Å². The Hall–Kier alpha value is -2.69. The number of rotatable bonds is 6. The maximum Gasteiger partial charge on any atom is 0.274 e. The number of carbonyl (C=O) groups excluding carboxylic acids is 2. The van der Waals surface area contributed by atoms with Gasteiger partial charge in [-0.3, -0.25) is 9.59 Å². The van der Waals surface area contributed by atoms with Gasteiger partial charge in [0.15, 0.2) is 0 Å². The van der Waals surface area contributed by atoms with Gasteiger partial charge in [0.1, 0.15) is 11.4 Å². The molecule has 0 fully saturated rings. The molecule has 0 atom stereocenters. The van der Waals surface area contributed by atoms with Crippen LogP contribution in [-0.4, -0.2) is 34.8 Å². The Morgan fingerprint density at radius 1 is 0.958 bits per heavy atom. The highest BCUT2D eigenvalue weighted by atomic mass is 16.2. The van der Waals surface area contributed by atoms with Gasteiger partial charge in [0, 0.05) is 18.8 Å². The van der Waals surface area contributed by atoms with Crippen LogP contribution < -0.4 is 5.32 Å². The van der Waals surface area contributed by atoms with Crippen LogP contribution in [0.15, 0.2) is 42.5 Å². The van der Waals surface area contributed by atoms with Crippen LogP contribution in [0.2, 0.25) is 0 Å². The number of hydrogen-bond donors (Lipinski definition) is 1. The van der Waals surface area contributed by atoms with Crippen LogP contribution >= 0.6 is 0 Å². The van der Waals surface area contributed by atoms with Crippen molar-refractivity contribution in [1.29, 1.82) is 0 Å². The molecule has 0 aliphatic carbocycles. The smallest absolute Gasteiger partial charge is 0.274 e. The molecule has 0 saturated carbocycles. The lowest BCUT2D eigenvalue weighted by Gasteiger charge is -2.18. The summed E-state index contributed by atoms with van der Waals surface area (Å²) >= 11 is 0. The van der Waals surface area contributed by atoms with Crippen molar-refractivity contribution in [3.8, 4) is 0 Å². The van der Waals surface area contributed by atoms with Crippen LogP contribution in [0.25, 0.3) is 0 Å². The third-order valence-electron chi connectivity index (χ3n) is 3.87. The molecule has 0 spiro atoms. The number of pyridine rings is 1. The summed E-state index contributed by atoms with van der Waals surface area (Å²) in [6, 6.07) is 12.6. The first kappa shape index (κ1) is 17.7. The van der Waals surface area contributed by atoms with Crippen molar-refractivity contribution in [3.05, 3.63) is 59.4 Å². The molecule has 0 unspecified atom stereocenters. The van der Waals surface area contributed by atoms with Gasteiger partial charge in [0.2, 0.25) is 0 Å². The predicted octanol–water partition coefficient (Wildman–Crippen LogP) is 3.38. The Balaban J connectivity index is 2.14. The minimum Gasteiger partial charge on any atom is -0.338 e. The van der Waals surface area contributed by atoms with E-state index in [1.165, 1.54) is 5.56 Å². The van der Waals surface area contributed by atoms with Crippen LogP contribution in [0, 0.1) is 0 Å². The molecule has 2 amide bonds. The van der Waals surface area contributed by atoms with E-state index in [0.29, 0.717) is 18.8 Å². The molecule has 2 aromatic rings. The van der Waals surface area contributed by atoms with Crippen LogP contribution in [0.5, 0.6) is 0 Å². The fourth-order valence-corrected chi connectivity index (χ4v) is 2.37. The topological polar surface area (TPSA) is 62.3 Å². The second-order valence-corrected chi connectivity index (χ2v) is 5.39. The standard InChI is InChI=1S/C19H23N3O2/c1-4-14-10-12-15(13-11-14)20-18(23)16-8-7-9-17(21-16)19(24)22(5-2)6-3/h7-13H,4-6H2,1-3H3,(H,20,23). The van der Waals surface area contributed by atoms with E-state index in [2.05, 4.69) is 17.2 Å². The monoisotopic (exact) mass is 325 g/mol. The average Bonchev–Trinajstić information content (AvgIpc) is 2.63. The summed E-state index contributed by atoms with van der Waals surface area (Å²) in [5.74, 6) is -0.490. The molecule has 0 radical (unpaired) electrons. The predicted molar refractivity (Wildman–Crippen MR) is 95.3 cm³/mol. The fourth-order valence-electron chi connectivity index (χ4n) is 2.37. The van der Waals surface area contributed by atoms with E-state index in [4.69, 9.17) is 0 Å². The summed E-state index contributed by atoms with van der Waals surface area (Å²) in [4.78, 5) is 30.6. The van der Waals surface area contributed by atoms with Gasteiger partial charge in [-0.2, -0.15) is 0 Å². The summed E-state index contributed by atoms with van der Waals surface area (Å²) in [5.41, 5.74) is 2.43. The fraction of sp³-hybridized carbons (Fsp3) is 0.316. The molecule has 0 bridgehead atoms. The molecule has 0 aliphatic rings. The first-order valence-corrected chi connectivity index (χ1v) is 8.25. The Labute approximate surface area is 142 Å². The SMILES string of the molecule is CCc1ccc(NC(=O)c2cccc(C(=O)N(CC)CC)n2)cc1. The van der Waals surface area contributed by atoms with Crippen molar-refractivity contribution < 1.29 is 9.59 Å². The van der Waals surface area contributed by atoms with Crippen molar-refractivity contribution in [1.82, 2.24) is 9.88 Å². The number of nitrogens with zero attached hydrogens (tertiary/aromatic N) is 2. The molecule has 1 N–H and O–H groups in total. The molecule has 0 aliphatic heterocycles. The molecule has 5 heteroatoms. The van der Waals surface area contributed by atoms with Gasteiger partial charge < -0.3 is 10.2 Å². The molecule has 126 valence electrons. The number of nitrogens with one attached hydrogen (secondary N) is 1. The zero-order valence-corrected chi connectivity index (χ0v) is 14.4. The molecule has 24 heavy (non-hydrogen) atoms. The highest BCUT2D eigenvalue weighted by Crippen LogP contribution is 2.12. The van der Waals surface area contributed by atoms with Crippen molar-refractivity contribution in [2.75, 3.05) is 18.4 Å². The molecule has 5 nitrogen and oxygen atoms in total. The van der Waals surface area contributed by atoms with Gasteiger partial charge in [0.25, 0.3) is 11.8 Å². The first-order chi connectivity index (χ1) is 11.6. The van der Waals surface area contributed by atoms with E-state index in [9.17, 15) is 9.59 Å². The molecule has 1 heterocycles. The van der Waals surface area contributed by atoms with Gasteiger partial charge in [-0.25, -0.2) is 4.98 Å². The summed E-state index contributed by atoms with van der Waals surface area (Å²) in [7, 11) is 0. The van der Waals surface area contributed by atoms with E-state index in [1.807, 2.05) is 38.1 Å². The second kappa shape index (κ2) is 8.24. The molecule has 0 saturated heterocycles. The van der Waals surface area contributed by atoms with Gasteiger partial charge in [0.05, 0.1) is 0 Å². The quantitative estimate of drug-likeness (QED) is 0.885. The van der Waals surface area contributed by atoms with Crippen molar-refractivity contribution in [2.45, 2.75) is 27.2 Å². The molecular weight excluding hydrogens is 302 g/mol. The van der Waals surface area contributed by atoms with Gasteiger partial charge in [-0.1, -0.05) is 25.1 Å². The van der Waals surface area contributed by atoms with Gasteiger partial charge >= 0.3 is 0 Å². The number of hydrogen-bond acceptors (Lipinski definition) is 3. The van der Waals surface area contributed by atoms with E-state index in [1.54, 1.807) is 23.1 Å². The highest BCUT2D eigenvalue weighted by Gasteiger charge is 2.16. The Bertz CT molecular complexity index is 707. The van der Waals surface area contributed by atoms with Crippen molar-refractivity contribution in [2.24, 2.45) is 0 Å². The van der Waals surface area contributed by atoms with Crippen LogP contribution in [0.1, 0.15) is 47.3 Å². The molecule has 1 aromatic carbocycles. The van der Waals surface area contributed by atoms with Crippen molar-refractivity contribution in [3.63, 3.8) is 0 Å². The van der Waals surface area contributed by atoms with Crippen LogP contribution in [0.4, 0.5) is 5.69 Å². The lowest BCUT2D eigenvalue weighted by Crippen LogP contribution is -2.31. The summed E-state index contributed by atoms with van der Waals surface area (Å²) in [6.45, 7) is 7.13. The number of aromatic nitrogens is 1. The number of amides is 2. The van der Waals surface area contributed by atoms with Gasteiger partial charge in [-0.15, -0.1) is 0 Å². The lowest BCUT2D eigenvalue weighted by atomic mass is 10.1. The maximum atomic E-state index is 12.4. The number of anilines is 1. The minimum absolute atomic E-state index is 0.165. The third-order valence-corrected chi connectivity index (χ3v) is 3.87. The van der Waals surface area contributed by atoms with Crippen LogP contribution in [-0.2, 0) is 6.42 Å². The molecule has 1 aromatic heterocycles. The Morgan fingerprint density at radius 2 is 1.58 bits per heavy atom. The normalized spacial score (nSPS) is 10.3. The average molecular weight is 325 g/mol.